The van der Waals surface area contributed by atoms with Crippen LogP contribution in [0.5, 0.6) is 0 Å². The monoisotopic (exact) mass is 597 g/mol. The molecule has 0 spiro atoms. The first-order valence-corrected chi connectivity index (χ1v) is 15.6. The zero-order chi connectivity index (χ0) is 30.3. The molecule has 3 aromatic carbocycles. The smallest absolute Gasteiger partial charge is 0.264 e. The Morgan fingerprint density at radius 2 is 1.61 bits per heavy atom. The first kappa shape index (κ1) is 32.2. The zero-order valence-corrected chi connectivity index (χ0v) is 26.2. The van der Waals surface area contributed by atoms with Crippen LogP contribution >= 0.6 is 11.6 Å². The number of hydrogen-bond acceptors (Lipinski definition) is 4. The van der Waals surface area contributed by atoms with Gasteiger partial charge in [0.2, 0.25) is 11.8 Å². The molecule has 0 aromatic heterocycles. The maximum absolute atomic E-state index is 14.2. The molecule has 3 aromatic rings. The Morgan fingerprint density at radius 1 is 0.927 bits per heavy atom. The van der Waals surface area contributed by atoms with Crippen molar-refractivity contribution in [3.05, 3.63) is 94.0 Å². The van der Waals surface area contributed by atoms with Gasteiger partial charge >= 0.3 is 0 Å². The Labute approximate surface area is 249 Å². The fraction of sp³-hybridized carbons (Fsp3) is 0.375. The van der Waals surface area contributed by atoms with E-state index in [2.05, 4.69) is 5.32 Å². The third kappa shape index (κ3) is 8.33. The molecular weight excluding hydrogens is 558 g/mol. The number of carbonyl (C=O) groups is 2. The van der Waals surface area contributed by atoms with E-state index in [4.69, 9.17) is 11.6 Å². The Bertz CT molecular complexity index is 1470. The van der Waals surface area contributed by atoms with Crippen molar-refractivity contribution in [3.63, 3.8) is 0 Å². The van der Waals surface area contributed by atoms with Gasteiger partial charge in [0, 0.05) is 18.1 Å². The normalized spacial score (nSPS) is 12.2. The van der Waals surface area contributed by atoms with Gasteiger partial charge in [-0.1, -0.05) is 86.0 Å². The van der Waals surface area contributed by atoms with Gasteiger partial charge in [0.1, 0.15) is 12.6 Å². The van der Waals surface area contributed by atoms with Crippen molar-refractivity contribution < 1.29 is 18.0 Å². The summed E-state index contributed by atoms with van der Waals surface area (Å²) in [7, 11) is -4.17. The van der Waals surface area contributed by atoms with E-state index >= 15 is 0 Å². The summed E-state index contributed by atoms with van der Waals surface area (Å²) in [6, 6.07) is 18.4. The molecule has 0 fully saturated rings. The van der Waals surface area contributed by atoms with Crippen LogP contribution in [0.2, 0.25) is 5.02 Å². The van der Waals surface area contributed by atoms with Crippen molar-refractivity contribution in [2.45, 2.75) is 65.4 Å². The van der Waals surface area contributed by atoms with E-state index in [0.717, 1.165) is 21.0 Å². The summed E-state index contributed by atoms with van der Waals surface area (Å²) in [6.45, 7) is 11.6. The summed E-state index contributed by atoms with van der Waals surface area (Å²) in [5, 5.41) is 3.29. The SMILES string of the molecule is CC[C@H](C(=O)NCC(C)C)N(Cc1cccc(C)c1)C(=O)CN(c1cc(Cl)ccc1C)S(=O)(=O)c1ccc(C)cc1. The fourth-order valence-corrected chi connectivity index (χ4v) is 6.19. The lowest BCUT2D eigenvalue weighted by Crippen LogP contribution is -2.52. The molecule has 1 N–H and O–H groups in total. The molecule has 0 unspecified atom stereocenters. The molecule has 0 bridgehead atoms. The van der Waals surface area contributed by atoms with Gasteiger partial charge in [-0.25, -0.2) is 8.42 Å². The van der Waals surface area contributed by atoms with Gasteiger partial charge in [-0.2, -0.15) is 0 Å². The van der Waals surface area contributed by atoms with Gasteiger partial charge in [0.05, 0.1) is 10.6 Å². The van der Waals surface area contributed by atoms with Gasteiger partial charge in [-0.05, 0) is 68.5 Å². The van der Waals surface area contributed by atoms with Crippen molar-refractivity contribution in [1.82, 2.24) is 10.2 Å². The van der Waals surface area contributed by atoms with Gasteiger partial charge < -0.3 is 10.2 Å². The standard InChI is InChI=1S/C32H40ClN3O4S/c1-7-29(32(38)34-19-22(2)3)35(20-26-10-8-9-24(5)17-26)31(37)21-36(30-18-27(33)14-13-25(30)6)41(39,40)28-15-11-23(4)12-16-28/h8-18,22,29H,7,19-21H2,1-6H3,(H,34,38)/t29-/m1/s1. The summed E-state index contributed by atoms with van der Waals surface area (Å²) in [5.74, 6) is -0.527. The first-order valence-electron chi connectivity index (χ1n) is 13.8. The molecule has 0 radical (unpaired) electrons. The number of aryl methyl sites for hydroxylation is 3. The van der Waals surface area contributed by atoms with Crippen LogP contribution in [0.3, 0.4) is 0 Å². The Balaban J connectivity index is 2.09. The number of benzene rings is 3. The van der Waals surface area contributed by atoms with E-state index < -0.39 is 28.5 Å². The second-order valence-corrected chi connectivity index (χ2v) is 13.1. The molecule has 0 heterocycles. The highest BCUT2D eigenvalue weighted by Crippen LogP contribution is 2.30. The van der Waals surface area contributed by atoms with Gasteiger partial charge in [0.25, 0.3) is 10.0 Å². The number of nitrogens with one attached hydrogen (secondary N) is 1. The summed E-state index contributed by atoms with van der Waals surface area (Å²) >= 11 is 6.30. The fourth-order valence-electron chi connectivity index (χ4n) is 4.55. The number of nitrogens with zero attached hydrogens (tertiary/aromatic N) is 2. The summed E-state index contributed by atoms with van der Waals surface area (Å²) in [5.41, 5.74) is 3.72. The highest BCUT2D eigenvalue weighted by Gasteiger charge is 2.34. The first-order chi connectivity index (χ1) is 19.3. The van der Waals surface area contributed by atoms with Crippen LogP contribution in [0.4, 0.5) is 5.69 Å². The molecule has 1 atom stereocenters. The number of anilines is 1. The van der Waals surface area contributed by atoms with E-state index in [0.29, 0.717) is 29.2 Å². The van der Waals surface area contributed by atoms with Crippen LogP contribution in [0, 0.1) is 26.7 Å². The lowest BCUT2D eigenvalue weighted by molar-refractivity contribution is -0.140. The molecule has 220 valence electrons. The lowest BCUT2D eigenvalue weighted by atomic mass is 10.1. The molecule has 2 amide bonds. The van der Waals surface area contributed by atoms with Crippen molar-refractivity contribution in [3.8, 4) is 0 Å². The molecule has 0 aliphatic carbocycles. The predicted molar refractivity (Wildman–Crippen MR) is 166 cm³/mol. The van der Waals surface area contributed by atoms with E-state index in [1.54, 1.807) is 37.3 Å². The number of halogens is 1. The Morgan fingerprint density at radius 3 is 2.22 bits per heavy atom. The molecule has 0 aliphatic heterocycles. The number of hydrogen-bond donors (Lipinski definition) is 1. The van der Waals surface area contributed by atoms with Gasteiger partial charge in [-0.3, -0.25) is 13.9 Å². The predicted octanol–water partition coefficient (Wildman–Crippen LogP) is 6.04. The quantitative estimate of drug-likeness (QED) is 0.276. The minimum Gasteiger partial charge on any atom is -0.354 e. The van der Waals surface area contributed by atoms with E-state index in [-0.39, 0.29) is 23.3 Å². The highest BCUT2D eigenvalue weighted by molar-refractivity contribution is 7.92. The molecule has 0 aliphatic rings. The Hall–Kier alpha value is -3.36. The topological polar surface area (TPSA) is 86.8 Å². The minimum absolute atomic E-state index is 0.0576. The number of carbonyl (C=O) groups excluding carboxylic acids is 2. The third-order valence-corrected chi connectivity index (χ3v) is 8.84. The van der Waals surface area contributed by atoms with E-state index in [1.807, 2.05) is 58.9 Å². The summed E-state index contributed by atoms with van der Waals surface area (Å²) in [4.78, 5) is 29.1. The largest absolute Gasteiger partial charge is 0.354 e. The van der Waals surface area contributed by atoms with Crippen molar-refractivity contribution >= 4 is 39.1 Å². The van der Waals surface area contributed by atoms with Crippen LogP contribution in [0.15, 0.2) is 71.6 Å². The summed E-state index contributed by atoms with van der Waals surface area (Å²) in [6.07, 6.45) is 0.363. The highest BCUT2D eigenvalue weighted by atomic mass is 35.5. The van der Waals surface area contributed by atoms with Crippen LogP contribution in [-0.2, 0) is 26.2 Å². The number of rotatable bonds is 12. The van der Waals surface area contributed by atoms with Crippen LogP contribution < -0.4 is 9.62 Å². The maximum atomic E-state index is 14.2. The second-order valence-electron chi connectivity index (χ2n) is 10.8. The summed E-state index contributed by atoms with van der Waals surface area (Å²) < 4.78 is 29.2. The minimum atomic E-state index is -4.17. The lowest BCUT2D eigenvalue weighted by Gasteiger charge is -2.33. The molecular formula is C32H40ClN3O4S. The molecule has 9 heteroatoms. The van der Waals surface area contributed by atoms with E-state index in [9.17, 15) is 18.0 Å². The maximum Gasteiger partial charge on any atom is 0.264 e. The second kappa shape index (κ2) is 14.0. The Kier molecular flexibility index (Phi) is 11.0. The average molecular weight is 598 g/mol. The number of amides is 2. The van der Waals surface area contributed by atoms with Crippen LogP contribution in [-0.4, -0.2) is 44.3 Å². The third-order valence-electron chi connectivity index (χ3n) is 6.83. The molecule has 3 rings (SSSR count). The molecule has 41 heavy (non-hydrogen) atoms. The van der Waals surface area contributed by atoms with Gasteiger partial charge in [-0.15, -0.1) is 0 Å². The van der Waals surface area contributed by atoms with Gasteiger partial charge in [0.15, 0.2) is 0 Å². The van der Waals surface area contributed by atoms with Crippen LogP contribution in [0.1, 0.15) is 49.4 Å². The molecule has 7 nitrogen and oxygen atoms in total. The van der Waals surface area contributed by atoms with E-state index in [1.165, 1.54) is 17.0 Å². The zero-order valence-electron chi connectivity index (χ0n) is 24.6. The van der Waals surface area contributed by atoms with Crippen molar-refractivity contribution in [2.75, 3.05) is 17.4 Å². The van der Waals surface area contributed by atoms with Crippen LogP contribution in [0.25, 0.3) is 0 Å². The molecule has 0 saturated heterocycles. The average Bonchev–Trinajstić information content (AvgIpc) is 2.92. The number of sulfonamides is 1. The van der Waals surface area contributed by atoms with Crippen molar-refractivity contribution in [1.29, 1.82) is 0 Å². The molecule has 0 saturated carbocycles. The van der Waals surface area contributed by atoms with Crippen molar-refractivity contribution in [2.24, 2.45) is 5.92 Å².